The summed E-state index contributed by atoms with van der Waals surface area (Å²) < 4.78 is 14.4. The molecule has 1 aromatic heterocycles. The number of ether oxygens (including phenoxy) is 2. The molecule has 2 aromatic carbocycles. The van der Waals surface area contributed by atoms with Crippen LogP contribution in [-0.2, 0) is 10.5 Å². The number of anilines is 1. The van der Waals surface area contributed by atoms with E-state index in [4.69, 9.17) is 31.2 Å². The van der Waals surface area contributed by atoms with Crippen molar-refractivity contribution >= 4 is 51.0 Å². The van der Waals surface area contributed by atoms with Gasteiger partial charge in [0, 0.05) is 28.5 Å². The summed E-state index contributed by atoms with van der Waals surface area (Å²) in [5.41, 5.74) is 3.56. The van der Waals surface area contributed by atoms with Crippen LogP contribution in [0, 0.1) is 0 Å². The Balaban J connectivity index is 1.50. The van der Waals surface area contributed by atoms with Gasteiger partial charge in [-0.05, 0) is 64.5 Å². The zero-order valence-electron chi connectivity index (χ0n) is 21.4. The molecule has 1 aliphatic carbocycles. The van der Waals surface area contributed by atoms with E-state index in [-0.39, 0.29) is 5.78 Å². The minimum atomic E-state index is -0.421. The van der Waals surface area contributed by atoms with Gasteiger partial charge in [0.25, 0.3) is 0 Å². The number of thioether (sulfide) groups is 1. The van der Waals surface area contributed by atoms with E-state index < -0.39 is 6.04 Å². The van der Waals surface area contributed by atoms with Gasteiger partial charge in [0.2, 0.25) is 11.1 Å². The lowest BCUT2D eigenvalue weighted by Gasteiger charge is -2.32. The van der Waals surface area contributed by atoms with E-state index in [0.717, 1.165) is 64.0 Å². The van der Waals surface area contributed by atoms with Gasteiger partial charge in [-0.3, -0.25) is 4.79 Å². The largest absolute Gasteiger partial charge is 0.493 e. The van der Waals surface area contributed by atoms with E-state index in [1.807, 2.05) is 41.1 Å². The molecule has 200 valence electrons. The lowest BCUT2D eigenvalue weighted by Crippen LogP contribution is -2.31. The Hall–Kier alpha value is -2.49. The first-order chi connectivity index (χ1) is 18.5. The molecule has 0 saturated heterocycles. The van der Waals surface area contributed by atoms with Crippen LogP contribution in [0.1, 0.15) is 62.6 Å². The predicted molar refractivity (Wildman–Crippen MR) is 154 cm³/mol. The number of methoxy groups -OCH3 is 1. The number of carbonyl (C=O) groups excluding carboxylic acids is 1. The van der Waals surface area contributed by atoms with Crippen molar-refractivity contribution in [3.05, 3.63) is 68.3 Å². The fourth-order valence-corrected chi connectivity index (χ4v) is 6.52. The van der Waals surface area contributed by atoms with Gasteiger partial charge < -0.3 is 14.8 Å². The number of carbonyl (C=O) groups is 1. The highest BCUT2D eigenvalue weighted by Gasteiger charge is 2.37. The summed E-state index contributed by atoms with van der Waals surface area (Å²) in [5, 5.41) is 9.58. The van der Waals surface area contributed by atoms with Crippen molar-refractivity contribution in [2.45, 2.75) is 62.4 Å². The third-order valence-electron chi connectivity index (χ3n) is 6.73. The van der Waals surface area contributed by atoms with E-state index in [2.05, 4.69) is 28.2 Å². The fourth-order valence-electron chi connectivity index (χ4n) is 4.83. The van der Waals surface area contributed by atoms with Crippen LogP contribution in [0.4, 0.5) is 5.95 Å². The fraction of sp³-hybridized carbons (Fsp3) is 0.393. The molecule has 7 nitrogen and oxygen atoms in total. The van der Waals surface area contributed by atoms with Crippen molar-refractivity contribution in [1.82, 2.24) is 14.8 Å². The number of fused-ring (bicyclic) bond motifs is 1. The zero-order chi connectivity index (χ0) is 26.6. The normalized spacial score (nSPS) is 16.6. The number of benzene rings is 2. The Morgan fingerprint density at radius 2 is 2.08 bits per heavy atom. The van der Waals surface area contributed by atoms with Crippen LogP contribution in [0.2, 0.25) is 5.02 Å². The molecule has 0 spiro atoms. The first kappa shape index (κ1) is 27.1. The van der Waals surface area contributed by atoms with E-state index >= 15 is 0 Å². The Morgan fingerprint density at radius 1 is 1.24 bits per heavy atom. The molecule has 2 aliphatic rings. The topological polar surface area (TPSA) is 78.3 Å². The van der Waals surface area contributed by atoms with Crippen LogP contribution in [0.25, 0.3) is 0 Å². The van der Waals surface area contributed by atoms with E-state index in [9.17, 15) is 4.79 Å². The summed E-state index contributed by atoms with van der Waals surface area (Å²) >= 11 is 11.6. The number of nitrogens with zero attached hydrogens (tertiary/aromatic N) is 3. The van der Waals surface area contributed by atoms with Crippen molar-refractivity contribution in [2.75, 3.05) is 19.0 Å². The molecule has 3 aromatic rings. The van der Waals surface area contributed by atoms with Crippen LogP contribution < -0.4 is 14.8 Å². The lowest BCUT2D eigenvalue weighted by atomic mass is 9.85. The first-order valence-corrected chi connectivity index (χ1v) is 15.0. The van der Waals surface area contributed by atoms with Gasteiger partial charge >= 0.3 is 0 Å². The number of Topliss-reactive ketones (excluding diaryl/α,β-unsaturated/α-hetero) is 1. The third-order valence-corrected chi connectivity index (χ3v) is 8.57. The Bertz CT molecular complexity index is 1380. The van der Waals surface area contributed by atoms with Crippen molar-refractivity contribution < 1.29 is 14.3 Å². The monoisotopic (exact) mass is 616 g/mol. The number of unbranched alkanes of at least 4 members (excludes halogenated alkanes) is 2. The molecule has 0 amide bonds. The number of hydrogen-bond acceptors (Lipinski definition) is 7. The molecular formula is C28H30BrClN4O3S. The smallest absolute Gasteiger partial charge is 0.227 e. The third kappa shape index (κ3) is 5.60. The molecule has 0 fully saturated rings. The zero-order valence-corrected chi connectivity index (χ0v) is 24.6. The molecule has 38 heavy (non-hydrogen) atoms. The van der Waals surface area contributed by atoms with Crippen molar-refractivity contribution in [1.29, 1.82) is 0 Å². The number of rotatable bonds is 10. The minimum absolute atomic E-state index is 0.130. The maximum atomic E-state index is 13.2. The minimum Gasteiger partial charge on any atom is -0.493 e. The van der Waals surface area contributed by atoms with E-state index in [1.165, 1.54) is 11.8 Å². The number of allylic oxidation sites excluding steroid dienone is 2. The predicted octanol–water partition coefficient (Wildman–Crippen LogP) is 7.59. The molecule has 0 radical (unpaired) electrons. The number of hydrogen-bond donors (Lipinski definition) is 1. The molecule has 1 N–H and O–H groups in total. The first-order valence-electron chi connectivity index (χ1n) is 12.9. The maximum absolute atomic E-state index is 13.2. The summed E-state index contributed by atoms with van der Waals surface area (Å²) in [6.07, 6.45) is 5.34. The highest BCUT2D eigenvalue weighted by atomic mass is 79.9. The highest BCUT2D eigenvalue weighted by molar-refractivity contribution is 9.10. The Kier molecular flexibility index (Phi) is 8.65. The quantitative estimate of drug-likeness (QED) is 0.186. The number of ketones is 1. The van der Waals surface area contributed by atoms with Gasteiger partial charge in [-0.1, -0.05) is 61.3 Å². The van der Waals surface area contributed by atoms with Crippen LogP contribution in [-0.4, -0.2) is 34.3 Å². The van der Waals surface area contributed by atoms with Gasteiger partial charge in [-0.25, -0.2) is 4.68 Å². The van der Waals surface area contributed by atoms with Crippen LogP contribution in [0.5, 0.6) is 11.5 Å². The summed E-state index contributed by atoms with van der Waals surface area (Å²) in [6.45, 7) is 2.78. The molecule has 10 heteroatoms. The summed E-state index contributed by atoms with van der Waals surface area (Å²) in [7, 11) is 1.63. The van der Waals surface area contributed by atoms with Crippen molar-refractivity contribution in [2.24, 2.45) is 0 Å². The van der Waals surface area contributed by atoms with Crippen LogP contribution in [0.3, 0.4) is 0 Å². The summed E-state index contributed by atoms with van der Waals surface area (Å²) in [6, 6.07) is 11.3. The second-order valence-corrected chi connectivity index (χ2v) is 11.5. The number of halogens is 2. The van der Waals surface area contributed by atoms with Gasteiger partial charge in [-0.2, -0.15) is 4.98 Å². The van der Waals surface area contributed by atoms with Crippen molar-refractivity contribution in [3.63, 3.8) is 0 Å². The molecule has 0 bridgehead atoms. The van der Waals surface area contributed by atoms with Gasteiger partial charge in [-0.15, -0.1) is 5.10 Å². The highest BCUT2D eigenvalue weighted by Crippen LogP contribution is 2.45. The molecule has 2 heterocycles. The van der Waals surface area contributed by atoms with Gasteiger partial charge in [0.05, 0.1) is 18.2 Å². The average Bonchev–Trinajstić information content (AvgIpc) is 3.32. The van der Waals surface area contributed by atoms with Crippen LogP contribution >= 0.6 is 39.3 Å². The SMILES string of the molecule is CCCCCOc1c(Br)cc(C2C3=C(CCCC3=O)Nc3nc(SCc4ccccc4Cl)nn32)cc1OC. The molecule has 5 rings (SSSR count). The second-order valence-electron chi connectivity index (χ2n) is 9.33. The summed E-state index contributed by atoms with van der Waals surface area (Å²) in [5.74, 6) is 2.68. The van der Waals surface area contributed by atoms with E-state index in [0.29, 0.717) is 41.4 Å². The second kappa shape index (κ2) is 12.1. The Morgan fingerprint density at radius 3 is 2.87 bits per heavy atom. The summed E-state index contributed by atoms with van der Waals surface area (Å²) in [4.78, 5) is 18.0. The number of aromatic nitrogens is 3. The standard InChI is InChI=1S/C28H30BrClN4O3S/c1-3-4-7-13-37-26-19(29)14-18(15-23(26)36-2)25-24-21(11-8-12-22(24)35)31-27-32-28(33-34(25)27)38-16-17-9-5-6-10-20(17)30/h5-6,9-10,14-15,25H,3-4,7-8,11-13,16H2,1-2H3,(H,31,32,33). The van der Waals surface area contributed by atoms with E-state index in [1.54, 1.807) is 7.11 Å². The van der Waals surface area contributed by atoms with Gasteiger partial charge in [0.15, 0.2) is 17.3 Å². The molecule has 0 saturated carbocycles. The van der Waals surface area contributed by atoms with Crippen LogP contribution in [0.15, 0.2) is 57.3 Å². The molecule has 1 unspecified atom stereocenters. The Labute approximate surface area is 240 Å². The molecule has 1 atom stereocenters. The average molecular weight is 618 g/mol. The lowest BCUT2D eigenvalue weighted by molar-refractivity contribution is -0.116. The van der Waals surface area contributed by atoms with Crippen molar-refractivity contribution in [3.8, 4) is 11.5 Å². The molecular weight excluding hydrogens is 588 g/mol. The maximum Gasteiger partial charge on any atom is 0.227 e. The van der Waals surface area contributed by atoms with Gasteiger partial charge in [0.1, 0.15) is 6.04 Å². The molecule has 1 aliphatic heterocycles. The number of nitrogens with one attached hydrogen (secondary N) is 1.